The summed E-state index contributed by atoms with van der Waals surface area (Å²) in [5.74, 6) is -1.36. The van der Waals surface area contributed by atoms with Crippen LogP contribution in [0.4, 0.5) is 11.4 Å². The number of benzene rings is 2. The van der Waals surface area contributed by atoms with Crippen LogP contribution in [0.25, 0.3) is 6.08 Å². The van der Waals surface area contributed by atoms with Gasteiger partial charge in [0, 0.05) is 13.0 Å². The van der Waals surface area contributed by atoms with Crippen molar-refractivity contribution >= 4 is 51.8 Å². The van der Waals surface area contributed by atoms with Crippen LogP contribution in [0.3, 0.4) is 0 Å². The number of rotatable bonds is 4. The number of hydrogen-bond acceptors (Lipinski definition) is 5. The molecular formula is C21H17ClN4O3. The van der Waals surface area contributed by atoms with Gasteiger partial charge < -0.3 is 5.11 Å². The molecule has 1 N–H and O–H groups in total. The Morgan fingerprint density at radius 2 is 1.90 bits per heavy atom. The number of carbonyl (C=O) groups is 2. The van der Waals surface area contributed by atoms with Gasteiger partial charge in [0.25, 0.3) is 5.91 Å². The molecule has 0 spiro atoms. The highest BCUT2D eigenvalue weighted by Gasteiger charge is 2.29. The molecule has 0 unspecified atom stereocenters. The molecule has 8 heteroatoms. The van der Waals surface area contributed by atoms with E-state index in [0.29, 0.717) is 22.1 Å². The first kappa shape index (κ1) is 18.9. The molecule has 0 aromatic heterocycles. The number of carboxylic acids is 1. The van der Waals surface area contributed by atoms with Crippen LogP contribution in [0.2, 0.25) is 0 Å². The third-order valence-corrected chi connectivity index (χ3v) is 4.93. The van der Waals surface area contributed by atoms with Crippen LogP contribution in [-0.2, 0) is 4.79 Å². The van der Waals surface area contributed by atoms with Crippen LogP contribution in [0.1, 0.15) is 29.3 Å². The van der Waals surface area contributed by atoms with Gasteiger partial charge in [-0.3, -0.25) is 9.80 Å². The second-order valence-corrected chi connectivity index (χ2v) is 7.09. The van der Waals surface area contributed by atoms with Crippen LogP contribution in [-0.4, -0.2) is 34.4 Å². The number of amides is 1. The molecule has 29 heavy (non-hydrogen) atoms. The molecule has 7 nitrogen and oxygen atoms in total. The smallest absolute Gasteiger partial charge is 0.335 e. The minimum absolute atomic E-state index is 0.0980. The van der Waals surface area contributed by atoms with Gasteiger partial charge in [0.15, 0.2) is 0 Å². The molecular weight excluding hydrogens is 392 g/mol. The van der Waals surface area contributed by atoms with E-state index in [1.54, 1.807) is 25.1 Å². The molecule has 0 aliphatic carbocycles. The van der Waals surface area contributed by atoms with Crippen molar-refractivity contribution in [2.24, 2.45) is 10.2 Å². The molecule has 4 rings (SSSR count). The topological polar surface area (TPSA) is 85.6 Å². The molecule has 1 amide bonds. The highest BCUT2D eigenvalue weighted by atomic mass is 35.5. The van der Waals surface area contributed by atoms with Gasteiger partial charge in [0.05, 0.1) is 28.2 Å². The van der Waals surface area contributed by atoms with Crippen LogP contribution in [0.5, 0.6) is 0 Å². The number of anilines is 2. The summed E-state index contributed by atoms with van der Waals surface area (Å²) in [7, 11) is 0. The quantitative estimate of drug-likeness (QED) is 0.776. The standard InChI is InChI=1S/C21H17ClN4O3/c1-13-18(11-14-5-7-16(8-6-14)25-10-9-19(22)24-25)20(27)26(23-13)17-4-2-3-15(12-17)21(28)29/h2-8,11-12H,9-10H2,1H3,(H,28,29)/b18-11-. The maximum atomic E-state index is 12.9. The highest BCUT2D eigenvalue weighted by molar-refractivity contribution is 6.65. The summed E-state index contributed by atoms with van der Waals surface area (Å²) in [6.07, 6.45) is 2.50. The predicted octanol–water partition coefficient (Wildman–Crippen LogP) is 3.95. The fraction of sp³-hybridized carbons (Fsp3) is 0.143. The average molecular weight is 409 g/mol. The number of hydrazone groups is 2. The molecule has 146 valence electrons. The van der Waals surface area contributed by atoms with E-state index in [2.05, 4.69) is 10.2 Å². The Kier molecular flexibility index (Phi) is 4.90. The Morgan fingerprint density at radius 3 is 2.55 bits per heavy atom. The van der Waals surface area contributed by atoms with E-state index in [1.807, 2.05) is 29.3 Å². The van der Waals surface area contributed by atoms with E-state index in [-0.39, 0.29) is 11.5 Å². The first-order chi connectivity index (χ1) is 13.9. The van der Waals surface area contributed by atoms with Gasteiger partial charge in [0.1, 0.15) is 5.17 Å². The fourth-order valence-corrected chi connectivity index (χ4v) is 3.33. The van der Waals surface area contributed by atoms with Crippen LogP contribution in [0.15, 0.2) is 64.3 Å². The minimum Gasteiger partial charge on any atom is -0.478 e. The van der Waals surface area contributed by atoms with E-state index < -0.39 is 5.97 Å². The van der Waals surface area contributed by atoms with Crippen molar-refractivity contribution in [3.63, 3.8) is 0 Å². The van der Waals surface area contributed by atoms with Crippen molar-refractivity contribution in [1.82, 2.24) is 0 Å². The van der Waals surface area contributed by atoms with Crippen molar-refractivity contribution in [1.29, 1.82) is 0 Å². The molecule has 0 atom stereocenters. The van der Waals surface area contributed by atoms with Gasteiger partial charge in [-0.15, -0.1) is 0 Å². The van der Waals surface area contributed by atoms with Gasteiger partial charge in [-0.25, -0.2) is 4.79 Å². The maximum Gasteiger partial charge on any atom is 0.335 e. The number of carbonyl (C=O) groups excluding carboxylic acids is 1. The normalized spacial score (nSPS) is 17.7. The summed E-state index contributed by atoms with van der Waals surface area (Å²) in [6, 6.07) is 13.8. The Bertz CT molecular complexity index is 1090. The van der Waals surface area contributed by atoms with Crippen molar-refractivity contribution in [3.8, 4) is 0 Å². The molecule has 2 aromatic carbocycles. The number of carboxylic acid groups (broad SMARTS) is 1. The van der Waals surface area contributed by atoms with Crippen molar-refractivity contribution in [2.45, 2.75) is 13.3 Å². The monoisotopic (exact) mass is 408 g/mol. The van der Waals surface area contributed by atoms with E-state index >= 15 is 0 Å². The van der Waals surface area contributed by atoms with E-state index in [4.69, 9.17) is 16.7 Å². The molecule has 2 aliphatic rings. The fourth-order valence-electron chi connectivity index (χ4n) is 3.16. The lowest BCUT2D eigenvalue weighted by molar-refractivity contribution is -0.114. The lowest BCUT2D eigenvalue weighted by Gasteiger charge is -2.13. The number of hydrogen-bond donors (Lipinski definition) is 1. The van der Waals surface area contributed by atoms with Gasteiger partial charge in [-0.1, -0.05) is 29.8 Å². The molecule has 0 radical (unpaired) electrons. The van der Waals surface area contributed by atoms with E-state index in [1.165, 1.54) is 17.1 Å². The maximum absolute atomic E-state index is 12.9. The molecule has 2 aliphatic heterocycles. The Hall–Kier alpha value is -3.45. The van der Waals surface area contributed by atoms with Crippen LogP contribution < -0.4 is 10.0 Å². The molecule has 0 saturated carbocycles. The van der Waals surface area contributed by atoms with Crippen molar-refractivity contribution in [2.75, 3.05) is 16.6 Å². The largest absolute Gasteiger partial charge is 0.478 e. The zero-order valence-corrected chi connectivity index (χ0v) is 16.3. The average Bonchev–Trinajstić information content (AvgIpc) is 3.27. The molecule has 0 saturated heterocycles. The first-order valence-electron chi connectivity index (χ1n) is 8.98. The number of halogens is 1. The third kappa shape index (κ3) is 3.77. The van der Waals surface area contributed by atoms with E-state index in [9.17, 15) is 9.59 Å². The summed E-state index contributed by atoms with van der Waals surface area (Å²) in [5.41, 5.74) is 3.31. The van der Waals surface area contributed by atoms with Gasteiger partial charge in [-0.05, 0) is 48.9 Å². The summed E-state index contributed by atoms with van der Waals surface area (Å²) in [6.45, 7) is 2.49. The van der Waals surface area contributed by atoms with E-state index in [0.717, 1.165) is 24.2 Å². The Balaban J connectivity index is 1.57. The number of aromatic carboxylic acids is 1. The first-order valence-corrected chi connectivity index (χ1v) is 9.36. The summed E-state index contributed by atoms with van der Waals surface area (Å²) >= 11 is 5.94. The lowest BCUT2D eigenvalue weighted by Crippen LogP contribution is -2.21. The zero-order chi connectivity index (χ0) is 20.5. The summed E-state index contributed by atoms with van der Waals surface area (Å²) in [5, 5.41) is 21.4. The highest BCUT2D eigenvalue weighted by Crippen LogP contribution is 2.27. The lowest BCUT2D eigenvalue weighted by atomic mass is 10.1. The predicted molar refractivity (Wildman–Crippen MR) is 114 cm³/mol. The molecule has 0 bridgehead atoms. The molecule has 2 aromatic rings. The van der Waals surface area contributed by atoms with Gasteiger partial charge in [-0.2, -0.15) is 15.2 Å². The van der Waals surface area contributed by atoms with Gasteiger partial charge >= 0.3 is 5.97 Å². The second kappa shape index (κ2) is 7.52. The third-order valence-electron chi connectivity index (χ3n) is 4.66. The second-order valence-electron chi connectivity index (χ2n) is 6.66. The SMILES string of the molecule is CC1=NN(c2cccc(C(=O)O)c2)C(=O)/C1=C\c1ccc(N2CCC(Cl)=N2)cc1. The Labute approximate surface area is 172 Å². The van der Waals surface area contributed by atoms with Crippen molar-refractivity contribution in [3.05, 3.63) is 65.2 Å². The van der Waals surface area contributed by atoms with Crippen LogP contribution in [0, 0.1) is 0 Å². The summed E-state index contributed by atoms with van der Waals surface area (Å²) in [4.78, 5) is 24.1. The zero-order valence-electron chi connectivity index (χ0n) is 15.5. The number of nitrogens with zero attached hydrogens (tertiary/aromatic N) is 4. The van der Waals surface area contributed by atoms with Gasteiger partial charge in [0.2, 0.25) is 0 Å². The molecule has 0 fully saturated rings. The van der Waals surface area contributed by atoms with Crippen molar-refractivity contribution < 1.29 is 14.7 Å². The van der Waals surface area contributed by atoms with Crippen LogP contribution >= 0.6 is 11.6 Å². The Morgan fingerprint density at radius 1 is 1.14 bits per heavy atom. The minimum atomic E-state index is -1.06. The summed E-state index contributed by atoms with van der Waals surface area (Å²) < 4.78 is 0. The molecule has 2 heterocycles.